The molecule has 1 atom stereocenters. The van der Waals surface area contributed by atoms with Crippen molar-refractivity contribution >= 4 is 23.2 Å². The summed E-state index contributed by atoms with van der Waals surface area (Å²) in [4.78, 5) is 0. The summed E-state index contributed by atoms with van der Waals surface area (Å²) in [6, 6.07) is 11.8. The molecule has 2 aromatic carbocycles. The molecule has 0 aromatic heterocycles. The number of halogens is 2. The number of hydrogen-bond donors (Lipinski definition) is 2. The van der Waals surface area contributed by atoms with Gasteiger partial charge in [0.1, 0.15) is 23.1 Å². The summed E-state index contributed by atoms with van der Waals surface area (Å²) < 4.78 is 5.44. The van der Waals surface area contributed by atoms with Gasteiger partial charge in [-0.1, -0.05) is 35.3 Å². The van der Waals surface area contributed by atoms with Crippen molar-refractivity contribution in [3.05, 3.63) is 69.0 Å². The Morgan fingerprint density at radius 2 is 1.86 bits per heavy atom. The first-order chi connectivity index (χ1) is 10.5. The van der Waals surface area contributed by atoms with Gasteiger partial charge in [-0.25, -0.2) is 0 Å². The van der Waals surface area contributed by atoms with E-state index in [2.05, 4.69) is 6.07 Å². The lowest BCUT2D eigenvalue weighted by atomic mass is 9.83. The third kappa shape index (κ3) is 2.25. The number of aromatic hydroxyl groups is 1. The minimum absolute atomic E-state index is 0.0263. The van der Waals surface area contributed by atoms with Crippen LogP contribution in [-0.2, 0) is 0 Å². The molecular formula is C16H10Cl2N2O2. The summed E-state index contributed by atoms with van der Waals surface area (Å²) >= 11 is 12.6. The molecule has 0 saturated carbocycles. The number of nitrogens with two attached hydrogens (primary N) is 1. The van der Waals surface area contributed by atoms with Gasteiger partial charge in [0.05, 0.1) is 5.92 Å². The molecule has 1 aliphatic rings. The second-order valence-corrected chi connectivity index (χ2v) is 5.60. The first-order valence-corrected chi connectivity index (χ1v) is 7.13. The van der Waals surface area contributed by atoms with Crippen molar-refractivity contribution in [2.45, 2.75) is 5.92 Å². The second-order valence-electron chi connectivity index (χ2n) is 4.78. The monoisotopic (exact) mass is 332 g/mol. The van der Waals surface area contributed by atoms with Crippen molar-refractivity contribution < 1.29 is 9.84 Å². The summed E-state index contributed by atoms with van der Waals surface area (Å²) in [6.45, 7) is 0. The Bertz CT molecular complexity index is 820. The molecule has 4 nitrogen and oxygen atoms in total. The average Bonchev–Trinajstić information content (AvgIpc) is 2.46. The van der Waals surface area contributed by atoms with Crippen LogP contribution in [-0.4, -0.2) is 5.11 Å². The van der Waals surface area contributed by atoms with Gasteiger partial charge >= 0.3 is 0 Å². The van der Waals surface area contributed by atoms with Crippen LogP contribution in [0, 0.1) is 11.3 Å². The number of phenols is 1. The minimum Gasteiger partial charge on any atom is -0.508 e. The van der Waals surface area contributed by atoms with Crippen LogP contribution in [0.1, 0.15) is 17.0 Å². The van der Waals surface area contributed by atoms with Crippen LogP contribution in [0.2, 0.25) is 10.0 Å². The quantitative estimate of drug-likeness (QED) is 0.829. The minimum atomic E-state index is -0.546. The van der Waals surface area contributed by atoms with Gasteiger partial charge < -0.3 is 15.6 Å². The normalized spacial score (nSPS) is 16.7. The van der Waals surface area contributed by atoms with Gasteiger partial charge in [-0.05, 0) is 18.2 Å². The predicted molar refractivity (Wildman–Crippen MR) is 83.9 cm³/mol. The van der Waals surface area contributed by atoms with Gasteiger partial charge in [-0.2, -0.15) is 5.26 Å². The number of fused-ring (bicyclic) bond motifs is 1. The highest BCUT2D eigenvalue weighted by molar-refractivity contribution is 6.36. The van der Waals surface area contributed by atoms with Crippen molar-refractivity contribution in [3.8, 4) is 17.6 Å². The van der Waals surface area contributed by atoms with Crippen LogP contribution in [0.5, 0.6) is 11.5 Å². The topological polar surface area (TPSA) is 79.3 Å². The molecule has 3 N–H and O–H groups in total. The van der Waals surface area contributed by atoms with E-state index in [1.165, 1.54) is 12.1 Å². The fraction of sp³-hybridized carbons (Fsp3) is 0.0625. The Kier molecular flexibility index (Phi) is 3.61. The van der Waals surface area contributed by atoms with Gasteiger partial charge in [0.2, 0.25) is 5.88 Å². The Labute approximate surface area is 136 Å². The number of nitrogens with zero attached hydrogens (tertiary/aromatic N) is 1. The molecule has 1 unspecified atom stereocenters. The highest BCUT2D eigenvalue weighted by atomic mass is 35.5. The summed E-state index contributed by atoms with van der Waals surface area (Å²) in [5, 5.41) is 19.9. The van der Waals surface area contributed by atoms with Crippen LogP contribution in [0.3, 0.4) is 0 Å². The smallest absolute Gasteiger partial charge is 0.205 e. The third-order valence-corrected chi connectivity index (χ3v) is 4.15. The van der Waals surface area contributed by atoms with Crippen LogP contribution in [0.4, 0.5) is 0 Å². The summed E-state index contributed by atoms with van der Waals surface area (Å²) in [5.41, 5.74) is 7.33. The van der Waals surface area contributed by atoms with E-state index in [1.54, 1.807) is 24.3 Å². The van der Waals surface area contributed by atoms with Crippen molar-refractivity contribution in [2.24, 2.45) is 5.73 Å². The molecule has 22 heavy (non-hydrogen) atoms. The van der Waals surface area contributed by atoms with E-state index in [1.807, 2.05) is 0 Å². The summed E-state index contributed by atoms with van der Waals surface area (Å²) in [6.07, 6.45) is 0. The van der Waals surface area contributed by atoms with E-state index < -0.39 is 5.92 Å². The second kappa shape index (κ2) is 5.45. The Morgan fingerprint density at radius 1 is 1.18 bits per heavy atom. The lowest BCUT2D eigenvalue weighted by Gasteiger charge is -2.27. The van der Waals surface area contributed by atoms with Gasteiger partial charge in [-0.15, -0.1) is 0 Å². The standard InChI is InChI=1S/C16H10Cl2N2O2/c17-11-2-1-3-12(18)15(11)14-9-5-4-8(21)6-13(9)22-16(20)10(14)7-19/h1-6,14,21H,20H2. The fourth-order valence-corrected chi connectivity index (χ4v) is 3.14. The van der Waals surface area contributed by atoms with E-state index in [9.17, 15) is 10.4 Å². The van der Waals surface area contributed by atoms with Gasteiger partial charge in [0.15, 0.2) is 0 Å². The third-order valence-electron chi connectivity index (χ3n) is 3.49. The van der Waals surface area contributed by atoms with Gasteiger partial charge in [0, 0.05) is 27.2 Å². The highest BCUT2D eigenvalue weighted by Gasteiger charge is 2.33. The van der Waals surface area contributed by atoms with E-state index in [0.717, 1.165) is 0 Å². The number of rotatable bonds is 1. The molecule has 2 aromatic rings. The average molecular weight is 333 g/mol. The summed E-state index contributed by atoms with van der Waals surface area (Å²) in [5.74, 6) is -0.161. The Morgan fingerprint density at radius 3 is 2.50 bits per heavy atom. The van der Waals surface area contributed by atoms with E-state index in [4.69, 9.17) is 33.7 Å². The lowest BCUT2D eigenvalue weighted by Crippen LogP contribution is -2.21. The Hall–Kier alpha value is -2.35. The number of ether oxygens (including phenoxy) is 1. The molecule has 110 valence electrons. The lowest BCUT2D eigenvalue weighted by molar-refractivity contribution is 0.388. The predicted octanol–water partition coefficient (Wildman–Crippen LogP) is 3.92. The van der Waals surface area contributed by atoms with Crippen molar-refractivity contribution in [1.29, 1.82) is 5.26 Å². The maximum Gasteiger partial charge on any atom is 0.205 e. The number of allylic oxidation sites excluding steroid dienone is 1. The molecule has 0 aliphatic carbocycles. The molecule has 3 rings (SSSR count). The zero-order valence-electron chi connectivity index (χ0n) is 11.2. The zero-order valence-corrected chi connectivity index (χ0v) is 12.7. The molecule has 6 heteroatoms. The first-order valence-electron chi connectivity index (χ1n) is 6.37. The van der Waals surface area contributed by atoms with Crippen LogP contribution in [0.25, 0.3) is 0 Å². The molecular weight excluding hydrogens is 323 g/mol. The number of phenolic OH excluding ortho intramolecular Hbond substituents is 1. The van der Waals surface area contributed by atoms with E-state index >= 15 is 0 Å². The van der Waals surface area contributed by atoms with E-state index in [-0.39, 0.29) is 17.2 Å². The van der Waals surface area contributed by atoms with Crippen LogP contribution in [0.15, 0.2) is 47.9 Å². The SMILES string of the molecule is N#CC1=C(N)Oc2cc(O)ccc2C1c1c(Cl)cccc1Cl. The van der Waals surface area contributed by atoms with E-state index in [0.29, 0.717) is 26.9 Å². The van der Waals surface area contributed by atoms with Crippen molar-refractivity contribution in [1.82, 2.24) is 0 Å². The maximum absolute atomic E-state index is 9.61. The molecule has 0 bridgehead atoms. The molecule has 0 spiro atoms. The number of hydrogen-bond acceptors (Lipinski definition) is 4. The van der Waals surface area contributed by atoms with Crippen molar-refractivity contribution in [2.75, 3.05) is 0 Å². The maximum atomic E-state index is 9.61. The van der Waals surface area contributed by atoms with Crippen molar-refractivity contribution in [3.63, 3.8) is 0 Å². The van der Waals surface area contributed by atoms with Gasteiger partial charge in [0.25, 0.3) is 0 Å². The zero-order chi connectivity index (χ0) is 15.9. The van der Waals surface area contributed by atoms with Gasteiger partial charge in [-0.3, -0.25) is 0 Å². The van der Waals surface area contributed by atoms with Crippen LogP contribution >= 0.6 is 23.2 Å². The van der Waals surface area contributed by atoms with Crippen LogP contribution < -0.4 is 10.5 Å². The number of benzene rings is 2. The molecule has 0 saturated heterocycles. The molecule has 0 radical (unpaired) electrons. The molecule has 1 aliphatic heterocycles. The fourth-order valence-electron chi connectivity index (χ4n) is 2.53. The largest absolute Gasteiger partial charge is 0.508 e. The number of nitriles is 1. The highest BCUT2D eigenvalue weighted by Crippen LogP contribution is 2.47. The Balaban J connectivity index is 2.31. The molecule has 0 fully saturated rings. The molecule has 1 heterocycles. The summed E-state index contributed by atoms with van der Waals surface area (Å²) in [7, 11) is 0. The first kappa shape index (κ1) is 14.6. The molecule has 0 amide bonds.